The van der Waals surface area contributed by atoms with Gasteiger partial charge in [-0.15, -0.1) is 0 Å². The van der Waals surface area contributed by atoms with E-state index in [0.29, 0.717) is 0 Å². The predicted octanol–water partition coefficient (Wildman–Crippen LogP) is 20.6. The molecule has 0 spiro atoms. The van der Waals surface area contributed by atoms with E-state index in [1.165, 1.54) is 142 Å². The standard InChI is InChI=1S/C72H42O/c1-2-12-43(13-3-1)44-22-24-45(25-23-44)51-35-30-48-33-39-62-52(36-31-49-32-38-61(51)69(48)70(49)62)46-26-28-47(29-27-46)67-57-17-6-8-19-59(57)68(60-20-9-7-18-58(60)67)50-34-37-54-63-40-41-64-55-15-10-11-21-66(55)73-72(64)71(63)56-16-5-4-14-53(56)65(54)42-50/h1-42H. The first kappa shape index (κ1) is 40.2. The van der Waals surface area contributed by atoms with Crippen LogP contribution in [-0.2, 0) is 0 Å². The van der Waals surface area contributed by atoms with Crippen molar-refractivity contribution < 1.29 is 4.42 Å². The molecule has 1 nitrogen and oxygen atoms in total. The molecule has 0 aliphatic heterocycles. The lowest BCUT2D eigenvalue weighted by Crippen LogP contribution is -1.92. The van der Waals surface area contributed by atoms with Gasteiger partial charge in [0.2, 0.25) is 0 Å². The van der Waals surface area contributed by atoms with E-state index < -0.39 is 0 Å². The lowest BCUT2D eigenvalue weighted by atomic mass is 9.84. The molecule has 1 heteroatoms. The molecule has 336 valence electrons. The van der Waals surface area contributed by atoms with E-state index >= 15 is 0 Å². The van der Waals surface area contributed by atoms with Crippen molar-refractivity contribution in [2.45, 2.75) is 0 Å². The quantitative estimate of drug-likeness (QED) is 0.124. The van der Waals surface area contributed by atoms with E-state index in [1.807, 2.05) is 0 Å². The molecule has 0 saturated carbocycles. The van der Waals surface area contributed by atoms with E-state index in [4.69, 9.17) is 4.42 Å². The molecule has 1 aromatic heterocycles. The summed E-state index contributed by atoms with van der Waals surface area (Å²) in [5, 5.41) is 22.3. The molecule has 1 heterocycles. The van der Waals surface area contributed by atoms with Crippen molar-refractivity contribution in [3.8, 4) is 55.6 Å². The van der Waals surface area contributed by atoms with Crippen LogP contribution in [0.5, 0.6) is 0 Å². The Morgan fingerprint density at radius 1 is 0.205 bits per heavy atom. The number of benzene rings is 15. The lowest BCUT2D eigenvalue weighted by Gasteiger charge is -2.19. The second kappa shape index (κ2) is 15.5. The topological polar surface area (TPSA) is 13.1 Å². The fraction of sp³-hybridized carbons (Fsp3) is 0. The molecule has 0 atom stereocenters. The van der Waals surface area contributed by atoms with Crippen LogP contribution in [0.2, 0.25) is 0 Å². The Labute approximate surface area is 420 Å². The van der Waals surface area contributed by atoms with E-state index in [1.54, 1.807) is 0 Å². The van der Waals surface area contributed by atoms with Gasteiger partial charge in [0, 0.05) is 16.2 Å². The molecule has 0 unspecified atom stereocenters. The smallest absolute Gasteiger partial charge is 0.143 e. The SMILES string of the molecule is c1ccc(-c2ccc(-c3ccc4ccc5c(-c6ccc(-c7c8ccccc8c(-c8ccc9c(c8)c8ccccc8c8c9ccc9c%10ccccc%10oc98)c8ccccc78)cc6)ccc6ccc3c4c65)cc2)cc1. The zero-order valence-electron chi connectivity index (χ0n) is 39.7. The van der Waals surface area contributed by atoms with Crippen LogP contribution < -0.4 is 0 Å². The van der Waals surface area contributed by atoms with E-state index in [9.17, 15) is 0 Å². The van der Waals surface area contributed by atoms with Crippen LogP contribution in [0, 0.1) is 0 Å². The van der Waals surface area contributed by atoms with Crippen molar-refractivity contribution in [3.05, 3.63) is 255 Å². The molecular formula is C72H42O. The number of furan rings is 1. The molecule has 15 aromatic carbocycles. The molecule has 16 rings (SSSR count). The zero-order chi connectivity index (χ0) is 47.7. The Balaban J connectivity index is 0.825. The van der Waals surface area contributed by atoms with E-state index in [2.05, 4.69) is 255 Å². The van der Waals surface area contributed by atoms with Gasteiger partial charge in [0.15, 0.2) is 0 Å². The number of para-hydroxylation sites is 1. The molecule has 0 radical (unpaired) electrons. The van der Waals surface area contributed by atoms with Gasteiger partial charge >= 0.3 is 0 Å². The van der Waals surface area contributed by atoms with Gasteiger partial charge in [-0.3, -0.25) is 0 Å². The lowest BCUT2D eigenvalue weighted by molar-refractivity contribution is 0.673. The maximum absolute atomic E-state index is 6.66. The molecular weight excluding hydrogens is 881 g/mol. The summed E-state index contributed by atoms with van der Waals surface area (Å²) < 4.78 is 6.66. The summed E-state index contributed by atoms with van der Waals surface area (Å²) in [6, 6.07) is 94.3. The largest absolute Gasteiger partial charge is 0.455 e. The Kier molecular flexibility index (Phi) is 8.52. The molecule has 0 N–H and O–H groups in total. The second-order valence-corrected chi connectivity index (χ2v) is 19.8. The summed E-state index contributed by atoms with van der Waals surface area (Å²) in [5.41, 5.74) is 14.2. The zero-order valence-corrected chi connectivity index (χ0v) is 39.7. The highest BCUT2D eigenvalue weighted by molar-refractivity contribution is 6.33. The minimum atomic E-state index is 0.919. The summed E-state index contributed by atoms with van der Waals surface area (Å²) in [5.74, 6) is 0. The maximum Gasteiger partial charge on any atom is 0.143 e. The number of rotatable bonds is 5. The van der Waals surface area contributed by atoms with Crippen molar-refractivity contribution in [1.82, 2.24) is 0 Å². The molecule has 0 fully saturated rings. The Hall–Kier alpha value is -9.56. The van der Waals surface area contributed by atoms with Crippen LogP contribution in [0.1, 0.15) is 0 Å². The highest BCUT2D eigenvalue weighted by Gasteiger charge is 2.21. The summed E-state index contributed by atoms with van der Waals surface area (Å²) in [6.07, 6.45) is 0. The summed E-state index contributed by atoms with van der Waals surface area (Å²) in [6.45, 7) is 0. The maximum atomic E-state index is 6.66. The first-order valence-electron chi connectivity index (χ1n) is 25.3. The minimum absolute atomic E-state index is 0.919. The van der Waals surface area contributed by atoms with Crippen LogP contribution in [-0.4, -0.2) is 0 Å². The third-order valence-electron chi connectivity index (χ3n) is 16.0. The Bertz CT molecular complexity index is 4850. The number of hydrogen-bond donors (Lipinski definition) is 0. The van der Waals surface area contributed by atoms with Crippen molar-refractivity contribution in [3.63, 3.8) is 0 Å². The Morgan fingerprint density at radius 2 is 0.603 bits per heavy atom. The van der Waals surface area contributed by atoms with Crippen molar-refractivity contribution in [2.24, 2.45) is 0 Å². The first-order valence-corrected chi connectivity index (χ1v) is 25.3. The minimum Gasteiger partial charge on any atom is -0.455 e. The van der Waals surface area contributed by atoms with Gasteiger partial charge in [-0.2, -0.15) is 0 Å². The van der Waals surface area contributed by atoms with Gasteiger partial charge in [0.25, 0.3) is 0 Å². The average Bonchev–Trinajstić information content (AvgIpc) is 3.85. The first-order chi connectivity index (χ1) is 36.2. The third kappa shape index (κ3) is 5.91. The molecule has 0 amide bonds. The summed E-state index contributed by atoms with van der Waals surface area (Å²) in [4.78, 5) is 0. The predicted molar refractivity (Wildman–Crippen MR) is 312 cm³/mol. The molecule has 0 saturated heterocycles. The Morgan fingerprint density at radius 3 is 1.22 bits per heavy atom. The van der Waals surface area contributed by atoms with Crippen molar-refractivity contribution in [2.75, 3.05) is 0 Å². The van der Waals surface area contributed by atoms with Crippen molar-refractivity contribution in [1.29, 1.82) is 0 Å². The van der Waals surface area contributed by atoms with Crippen molar-refractivity contribution >= 4 is 108 Å². The molecule has 0 bridgehead atoms. The van der Waals surface area contributed by atoms with Gasteiger partial charge in [-0.1, -0.05) is 237 Å². The second-order valence-electron chi connectivity index (χ2n) is 19.8. The number of fused-ring (bicyclic) bond motifs is 12. The van der Waals surface area contributed by atoms with Gasteiger partial charge in [0.1, 0.15) is 11.2 Å². The molecule has 0 aliphatic carbocycles. The van der Waals surface area contributed by atoms with Crippen LogP contribution in [0.3, 0.4) is 0 Å². The highest BCUT2D eigenvalue weighted by Crippen LogP contribution is 2.48. The summed E-state index contributed by atoms with van der Waals surface area (Å²) in [7, 11) is 0. The normalized spacial score (nSPS) is 12.1. The van der Waals surface area contributed by atoms with Crippen LogP contribution in [0.25, 0.3) is 164 Å². The molecule has 0 aliphatic rings. The average molecular weight is 923 g/mol. The third-order valence-corrected chi connectivity index (χ3v) is 16.0. The van der Waals surface area contributed by atoms with E-state index in [-0.39, 0.29) is 0 Å². The van der Waals surface area contributed by atoms with Gasteiger partial charge in [0.05, 0.1) is 0 Å². The highest BCUT2D eigenvalue weighted by atomic mass is 16.3. The molecule has 16 aromatic rings. The van der Waals surface area contributed by atoms with Gasteiger partial charge < -0.3 is 4.42 Å². The van der Waals surface area contributed by atoms with Gasteiger partial charge in [-0.05, 0) is 155 Å². The summed E-state index contributed by atoms with van der Waals surface area (Å²) >= 11 is 0. The monoisotopic (exact) mass is 922 g/mol. The fourth-order valence-corrected chi connectivity index (χ4v) is 12.7. The van der Waals surface area contributed by atoms with Crippen LogP contribution >= 0.6 is 0 Å². The van der Waals surface area contributed by atoms with Crippen LogP contribution in [0.4, 0.5) is 0 Å². The fourth-order valence-electron chi connectivity index (χ4n) is 12.7. The van der Waals surface area contributed by atoms with E-state index in [0.717, 1.165) is 21.9 Å². The van der Waals surface area contributed by atoms with Gasteiger partial charge in [-0.25, -0.2) is 0 Å². The van der Waals surface area contributed by atoms with Crippen LogP contribution in [0.15, 0.2) is 259 Å². The molecule has 73 heavy (non-hydrogen) atoms. The number of hydrogen-bond acceptors (Lipinski definition) is 1.